The first-order chi connectivity index (χ1) is 10.7. The van der Waals surface area contributed by atoms with E-state index in [4.69, 9.17) is 0 Å². The van der Waals surface area contributed by atoms with Gasteiger partial charge in [0, 0.05) is 36.8 Å². The van der Waals surface area contributed by atoms with Crippen LogP contribution in [0.2, 0.25) is 0 Å². The molecule has 2 N–H and O–H groups in total. The van der Waals surface area contributed by atoms with Gasteiger partial charge in [-0.3, -0.25) is 4.79 Å². The molecule has 6 nitrogen and oxygen atoms in total. The molecule has 0 spiro atoms. The Balaban J connectivity index is 2.18. The lowest BCUT2D eigenvalue weighted by Gasteiger charge is -2.38. The van der Waals surface area contributed by atoms with Gasteiger partial charge >= 0.3 is 0 Å². The number of nitrogens with zero attached hydrogens (tertiary/aromatic N) is 1. The molecule has 0 radical (unpaired) electrons. The minimum atomic E-state index is -3.53. The van der Waals surface area contributed by atoms with Crippen LogP contribution in [0.3, 0.4) is 0 Å². The Kier molecular flexibility index (Phi) is 5.44. The molecule has 7 heteroatoms. The summed E-state index contributed by atoms with van der Waals surface area (Å²) in [6.07, 6.45) is 0. The van der Waals surface area contributed by atoms with Gasteiger partial charge in [0.15, 0.2) is 0 Å². The molecule has 1 aromatic rings. The summed E-state index contributed by atoms with van der Waals surface area (Å²) in [6, 6.07) is 6.28. The van der Waals surface area contributed by atoms with Gasteiger partial charge in [-0.1, -0.05) is 0 Å². The van der Waals surface area contributed by atoms with Crippen LogP contribution < -0.4 is 10.0 Å². The Morgan fingerprint density at radius 3 is 2.43 bits per heavy atom. The van der Waals surface area contributed by atoms with Crippen LogP contribution in [0.15, 0.2) is 29.2 Å². The molecule has 2 atom stereocenters. The average Bonchev–Trinajstić information content (AvgIpc) is 2.48. The molecule has 128 valence electrons. The van der Waals surface area contributed by atoms with Crippen LogP contribution in [0.1, 0.15) is 38.1 Å². The fraction of sp³-hybridized carbons (Fsp3) is 0.562. The Morgan fingerprint density at radius 2 is 1.87 bits per heavy atom. The number of nitrogens with one attached hydrogen (secondary N) is 2. The SMILES string of the molecule is CC(C)NS(=O)(=O)c1ccc(C(=O)N2CCNC(C)C2C)cc1. The normalized spacial score (nSPS) is 22.4. The maximum absolute atomic E-state index is 12.6. The van der Waals surface area contributed by atoms with Gasteiger partial charge in [-0.25, -0.2) is 13.1 Å². The van der Waals surface area contributed by atoms with Gasteiger partial charge in [0.25, 0.3) is 5.91 Å². The third-order valence-electron chi connectivity index (χ3n) is 4.10. The monoisotopic (exact) mass is 339 g/mol. The number of sulfonamides is 1. The topological polar surface area (TPSA) is 78.5 Å². The lowest BCUT2D eigenvalue weighted by Crippen LogP contribution is -2.57. The summed E-state index contributed by atoms with van der Waals surface area (Å²) in [5.74, 6) is -0.0633. The first kappa shape index (κ1) is 17.9. The summed E-state index contributed by atoms with van der Waals surface area (Å²) >= 11 is 0. The second-order valence-corrected chi connectivity index (χ2v) is 8.00. The number of amides is 1. The molecule has 1 saturated heterocycles. The van der Waals surface area contributed by atoms with E-state index >= 15 is 0 Å². The number of hydrogen-bond donors (Lipinski definition) is 2. The van der Waals surface area contributed by atoms with Crippen LogP contribution in [0.25, 0.3) is 0 Å². The summed E-state index contributed by atoms with van der Waals surface area (Å²) in [5.41, 5.74) is 0.509. The van der Waals surface area contributed by atoms with Gasteiger partial charge in [0.2, 0.25) is 10.0 Å². The van der Waals surface area contributed by atoms with Crippen molar-refractivity contribution >= 4 is 15.9 Å². The lowest BCUT2D eigenvalue weighted by molar-refractivity contribution is 0.0603. The van der Waals surface area contributed by atoms with E-state index in [2.05, 4.69) is 17.0 Å². The van der Waals surface area contributed by atoms with Gasteiger partial charge in [-0.2, -0.15) is 0 Å². The highest BCUT2D eigenvalue weighted by Crippen LogP contribution is 2.16. The van der Waals surface area contributed by atoms with Crippen LogP contribution in [0.4, 0.5) is 0 Å². The predicted octanol–water partition coefficient (Wildman–Crippen LogP) is 1.20. The Bertz CT molecular complexity index is 656. The number of carbonyl (C=O) groups is 1. The molecule has 1 aliphatic heterocycles. The maximum atomic E-state index is 12.6. The van der Waals surface area contributed by atoms with Crippen LogP contribution in [-0.2, 0) is 10.0 Å². The van der Waals surface area contributed by atoms with E-state index in [9.17, 15) is 13.2 Å². The molecule has 2 unspecified atom stereocenters. The molecule has 1 heterocycles. The Morgan fingerprint density at radius 1 is 1.26 bits per heavy atom. The van der Waals surface area contributed by atoms with E-state index in [0.717, 1.165) is 6.54 Å². The van der Waals surface area contributed by atoms with Crippen molar-refractivity contribution in [3.63, 3.8) is 0 Å². The van der Waals surface area contributed by atoms with E-state index in [1.54, 1.807) is 26.0 Å². The summed E-state index contributed by atoms with van der Waals surface area (Å²) in [4.78, 5) is 14.6. The fourth-order valence-corrected chi connectivity index (χ4v) is 3.92. The molecule has 0 aromatic heterocycles. The molecule has 0 bridgehead atoms. The minimum Gasteiger partial charge on any atom is -0.333 e. The molecule has 1 amide bonds. The van der Waals surface area contributed by atoms with Gasteiger partial charge < -0.3 is 10.2 Å². The first-order valence-corrected chi connectivity index (χ1v) is 9.37. The van der Waals surface area contributed by atoms with Crippen molar-refractivity contribution in [3.05, 3.63) is 29.8 Å². The third kappa shape index (κ3) is 4.10. The van der Waals surface area contributed by atoms with Crippen LogP contribution in [-0.4, -0.2) is 50.4 Å². The number of piperazine rings is 1. The molecule has 1 aromatic carbocycles. The lowest BCUT2D eigenvalue weighted by atomic mass is 10.1. The highest BCUT2D eigenvalue weighted by atomic mass is 32.2. The summed E-state index contributed by atoms with van der Waals surface area (Å²) < 4.78 is 26.7. The zero-order valence-electron chi connectivity index (χ0n) is 14.0. The van der Waals surface area contributed by atoms with Gasteiger partial charge in [0.05, 0.1) is 4.90 Å². The Labute approximate surface area is 138 Å². The van der Waals surface area contributed by atoms with Crippen molar-refractivity contribution < 1.29 is 13.2 Å². The van der Waals surface area contributed by atoms with E-state index in [1.165, 1.54) is 12.1 Å². The van der Waals surface area contributed by atoms with E-state index < -0.39 is 10.0 Å². The second-order valence-electron chi connectivity index (χ2n) is 6.28. The molecule has 1 aliphatic rings. The molecule has 0 saturated carbocycles. The van der Waals surface area contributed by atoms with Gasteiger partial charge in [-0.15, -0.1) is 0 Å². The largest absolute Gasteiger partial charge is 0.333 e. The van der Waals surface area contributed by atoms with Crippen molar-refractivity contribution in [2.24, 2.45) is 0 Å². The molecule has 1 fully saturated rings. The first-order valence-electron chi connectivity index (χ1n) is 7.89. The molecule has 2 rings (SSSR count). The maximum Gasteiger partial charge on any atom is 0.254 e. The predicted molar refractivity (Wildman–Crippen MR) is 89.9 cm³/mol. The van der Waals surface area contributed by atoms with Gasteiger partial charge in [-0.05, 0) is 52.0 Å². The van der Waals surface area contributed by atoms with Crippen LogP contribution in [0.5, 0.6) is 0 Å². The second kappa shape index (κ2) is 6.98. The zero-order valence-corrected chi connectivity index (χ0v) is 14.9. The molecular weight excluding hydrogens is 314 g/mol. The molecular formula is C16H25N3O3S. The number of carbonyl (C=O) groups excluding carboxylic acids is 1. The minimum absolute atomic E-state index is 0.0633. The Hall–Kier alpha value is -1.44. The van der Waals surface area contributed by atoms with Crippen molar-refractivity contribution in [2.75, 3.05) is 13.1 Å². The van der Waals surface area contributed by atoms with Crippen molar-refractivity contribution in [1.82, 2.24) is 14.9 Å². The highest BCUT2D eigenvalue weighted by Gasteiger charge is 2.28. The average molecular weight is 339 g/mol. The smallest absolute Gasteiger partial charge is 0.254 e. The van der Waals surface area contributed by atoms with Crippen molar-refractivity contribution in [1.29, 1.82) is 0 Å². The standard InChI is InChI=1S/C16H25N3O3S/c1-11(2)18-23(21,22)15-7-5-14(6-8-15)16(20)19-10-9-17-12(3)13(19)4/h5-8,11-13,17-18H,9-10H2,1-4H3. The zero-order chi connectivity index (χ0) is 17.2. The third-order valence-corrected chi connectivity index (χ3v) is 5.77. The number of rotatable bonds is 4. The van der Waals surface area contributed by atoms with Crippen LogP contribution >= 0.6 is 0 Å². The highest BCUT2D eigenvalue weighted by molar-refractivity contribution is 7.89. The molecule has 0 aliphatic carbocycles. The summed E-state index contributed by atoms with van der Waals surface area (Å²) in [5, 5.41) is 3.33. The van der Waals surface area contributed by atoms with E-state index in [1.807, 2.05) is 11.8 Å². The van der Waals surface area contributed by atoms with Gasteiger partial charge in [0.1, 0.15) is 0 Å². The van der Waals surface area contributed by atoms with Crippen molar-refractivity contribution in [2.45, 2.75) is 50.7 Å². The fourth-order valence-electron chi connectivity index (χ4n) is 2.66. The van der Waals surface area contributed by atoms with E-state index in [-0.39, 0.29) is 28.9 Å². The van der Waals surface area contributed by atoms with Crippen molar-refractivity contribution in [3.8, 4) is 0 Å². The number of benzene rings is 1. The molecule has 23 heavy (non-hydrogen) atoms. The summed E-state index contributed by atoms with van der Waals surface area (Å²) in [6.45, 7) is 9.02. The quantitative estimate of drug-likeness (QED) is 0.864. The number of hydrogen-bond acceptors (Lipinski definition) is 4. The summed E-state index contributed by atoms with van der Waals surface area (Å²) in [7, 11) is -3.53. The van der Waals surface area contributed by atoms with E-state index in [0.29, 0.717) is 12.1 Å². The van der Waals surface area contributed by atoms with Crippen LogP contribution in [0, 0.1) is 0 Å².